The van der Waals surface area contributed by atoms with Gasteiger partial charge in [0.25, 0.3) is 0 Å². The van der Waals surface area contributed by atoms with Crippen LogP contribution in [0.15, 0.2) is 51.8 Å². The maximum atomic E-state index is 12.6. The largest absolute Gasteiger partial charge is 0.244 e. The van der Waals surface area contributed by atoms with Crippen LogP contribution < -0.4 is 0 Å². The normalized spacial score (nSPS) is 11.9. The summed E-state index contributed by atoms with van der Waals surface area (Å²) < 4.78 is 26.9. The van der Waals surface area contributed by atoms with E-state index in [1.807, 2.05) is 0 Å². The molecule has 2 aromatic rings. The minimum absolute atomic E-state index is 0.166. The average molecular weight is 409 g/mol. The van der Waals surface area contributed by atoms with Crippen molar-refractivity contribution in [2.75, 3.05) is 7.05 Å². The molecule has 21 heavy (non-hydrogen) atoms. The van der Waals surface area contributed by atoms with E-state index in [9.17, 15) is 8.42 Å². The van der Waals surface area contributed by atoms with Gasteiger partial charge in [0.15, 0.2) is 0 Å². The van der Waals surface area contributed by atoms with Crippen LogP contribution in [0.5, 0.6) is 0 Å². The first-order chi connectivity index (χ1) is 9.82. The molecule has 7 heteroatoms. The van der Waals surface area contributed by atoms with E-state index in [0.717, 1.165) is 0 Å². The summed E-state index contributed by atoms with van der Waals surface area (Å²) in [6.07, 6.45) is 0. The maximum Gasteiger partial charge on any atom is 0.244 e. The highest BCUT2D eigenvalue weighted by molar-refractivity contribution is 9.10. The van der Waals surface area contributed by atoms with Gasteiger partial charge in [0.1, 0.15) is 0 Å². The highest BCUT2D eigenvalue weighted by Gasteiger charge is 2.23. The molecule has 2 aromatic carbocycles. The number of nitrogens with zero attached hydrogens (tertiary/aromatic N) is 1. The zero-order chi connectivity index (χ0) is 15.6. The Morgan fingerprint density at radius 1 is 1.14 bits per heavy atom. The Labute approximate surface area is 142 Å². The zero-order valence-corrected chi connectivity index (χ0v) is 15.0. The topological polar surface area (TPSA) is 37.4 Å². The summed E-state index contributed by atoms with van der Waals surface area (Å²) in [5, 5.41) is 0.955. The highest BCUT2D eigenvalue weighted by Crippen LogP contribution is 2.27. The Morgan fingerprint density at radius 2 is 1.81 bits per heavy atom. The summed E-state index contributed by atoms with van der Waals surface area (Å²) in [5.41, 5.74) is 0.694. The lowest BCUT2D eigenvalue weighted by molar-refractivity contribution is 0.466. The van der Waals surface area contributed by atoms with Crippen LogP contribution in [0.25, 0.3) is 0 Å². The molecule has 0 N–H and O–H groups in total. The molecule has 0 spiro atoms. The maximum absolute atomic E-state index is 12.6. The summed E-state index contributed by atoms with van der Waals surface area (Å²) in [7, 11) is -2.09. The van der Waals surface area contributed by atoms with Crippen molar-refractivity contribution in [1.29, 1.82) is 0 Å². The fourth-order valence-corrected chi connectivity index (χ4v) is 4.37. The molecule has 0 amide bonds. The Bertz CT molecular complexity index is 765. The molecule has 0 unspecified atom stereocenters. The van der Waals surface area contributed by atoms with E-state index in [-0.39, 0.29) is 11.4 Å². The molecular formula is C14H12BrCl2NO2S. The quantitative estimate of drug-likeness (QED) is 0.742. The van der Waals surface area contributed by atoms with E-state index in [0.29, 0.717) is 20.1 Å². The van der Waals surface area contributed by atoms with E-state index in [4.69, 9.17) is 23.2 Å². The molecule has 0 fully saturated rings. The van der Waals surface area contributed by atoms with Crippen molar-refractivity contribution in [3.05, 3.63) is 62.5 Å². The second-order valence-electron chi connectivity index (χ2n) is 4.43. The van der Waals surface area contributed by atoms with E-state index in [2.05, 4.69) is 15.9 Å². The van der Waals surface area contributed by atoms with E-state index in [1.165, 1.54) is 11.4 Å². The van der Waals surface area contributed by atoms with E-state index in [1.54, 1.807) is 42.5 Å². The van der Waals surface area contributed by atoms with Gasteiger partial charge in [0.2, 0.25) is 10.0 Å². The van der Waals surface area contributed by atoms with Crippen molar-refractivity contribution in [3.8, 4) is 0 Å². The summed E-state index contributed by atoms with van der Waals surface area (Å²) in [5.74, 6) is 0. The Balaban J connectivity index is 2.31. The lowest BCUT2D eigenvalue weighted by Crippen LogP contribution is -2.26. The lowest BCUT2D eigenvalue weighted by Gasteiger charge is -2.18. The van der Waals surface area contributed by atoms with Crippen LogP contribution in [-0.2, 0) is 16.6 Å². The molecule has 3 nitrogen and oxygen atoms in total. The summed E-state index contributed by atoms with van der Waals surface area (Å²) in [4.78, 5) is 0.220. The Hall–Kier alpha value is -0.590. The number of rotatable bonds is 4. The third-order valence-electron chi connectivity index (χ3n) is 2.93. The van der Waals surface area contributed by atoms with Gasteiger partial charge >= 0.3 is 0 Å². The van der Waals surface area contributed by atoms with Gasteiger partial charge in [0.05, 0.1) is 4.90 Å². The van der Waals surface area contributed by atoms with Crippen molar-refractivity contribution < 1.29 is 8.42 Å². The highest BCUT2D eigenvalue weighted by atomic mass is 79.9. The average Bonchev–Trinajstić information content (AvgIpc) is 2.42. The number of benzene rings is 2. The molecule has 0 saturated heterocycles. The van der Waals surface area contributed by atoms with Gasteiger partial charge in [0, 0.05) is 28.1 Å². The molecule has 0 aliphatic carbocycles. The van der Waals surface area contributed by atoms with Crippen LogP contribution >= 0.6 is 39.1 Å². The Morgan fingerprint density at radius 3 is 2.43 bits per heavy atom. The van der Waals surface area contributed by atoms with Crippen molar-refractivity contribution in [3.63, 3.8) is 0 Å². The molecule has 0 saturated carbocycles. The fraction of sp³-hybridized carbons (Fsp3) is 0.143. The smallest absolute Gasteiger partial charge is 0.207 e. The van der Waals surface area contributed by atoms with Crippen molar-refractivity contribution in [2.45, 2.75) is 11.4 Å². The van der Waals surface area contributed by atoms with Crippen LogP contribution in [0.2, 0.25) is 10.0 Å². The third-order valence-corrected chi connectivity index (χ3v) is 6.34. The molecule has 2 rings (SSSR count). The van der Waals surface area contributed by atoms with E-state index >= 15 is 0 Å². The van der Waals surface area contributed by atoms with Gasteiger partial charge in [-0.05, 0) is 45.8 Å². The zero-order valence-electron chi connectivity index (χ0n) is 11.1. The van der Waals surface area contributed by atoms with Crippen LogP contribution in [0, 0.1) is 0 Å². The molecular weight excluding hydrogens is 397 g/mol. The van der Waals surface area contributed by atoms with Gasteiger partial charge in [-0.2, -0.15) is 4.31 Å². The molecule has 0 heterocycles. The predicted molar refractivity (Wildman–Crippen MR) is 89.3 cm³/mol. The molecule has 0 aliphatic rings. The van der Waals surface area contributed by atoms with Crippen LogP contribution in [0.3, 0.4) is 0 Å². The molecule has 0 aromatic heterocycles. The first-order valence-electron chi connectivity index (χ1n) is 5.97. The summed E-state index contributed by atoms with van der Waals surface area (Å²) >= 11 is 15.2. The van der Waals surface area contributed by atoms with Gasteiger partial charge < -0.3 is 0 Å². The van der Waals surface area contributed by atoms with Gasteiger partial charge in [-0.25, -0.2) is 8.42 Å². The molecule has 0 bridgehead atoms. The number of hydrogen-bond acceptors (Lipinski definition) is 2. The molecule has 0 atom stereocenters. The first-order valence-corrected chi connectivity index (χ1v) is 8.96. The number of hydrogen-bond donors (Lipinski definition) is 0. The van der Waals surface area contributed by atoms with Gasteiger partial charge in [-0.1, -0.05) is 41.4 Å². The van der Waals surface area contributed by atoms with Gasteiger partial charge in [-0.15, -0.1) is 0 Å². The first kappa shape index (κ1) is 16.8. The SMILES string of the molecule is CN(Cc1ccc(Cl)cc1Cl)S(=O)(=O)c1ccccc1Br. The lowest BCUT2D eigenvalue weighted by atomic mass is 10.2. The monoisotopic (exact) mass is 407 g/mol. The van der Waals surface area contributed by atoms with Crippen molar-refractivity contribution >= 4 is 49.2 Å². The van der Waals surface area contributed by atoms with E-state index < -0.39 is 10.0 Å². The van der Waals surface area contributed by atoms with Crippen LogP contribution in [0.1, 0.15) is 5.56 Å². The minimum atomic E-state index is -3.60. The fourth-order valence-electron chi connectivity index (χ4n) is 1.80. The van der Waals surface area contributed by atoms with Crippen molar-refractivity contribution in [1.82, 2.24) is 4.31 Å². The number of halogens is 3. The molecule has 0 radical (unpaired) electrons. The van der Waals surface area contributed by atoms with Gasteiger partial charge in [-0.3, -0.25) is 0 Å². The summed E-state index contributed by atoms with van der Waals surface area (Å²) in [6, 6.07) is 11.7. The van der Waals surface area contributed by atoms with Crippen LogP contribution in [0.4, 0.5) is 0 Å². The molecule has 0 aliphatic heterocycles. The molecule has 112 valence electrons. The number of sulfonamides is 1. The van der Waals surface area contributed by atoms with Crippen molar-refractivity contribution in [2.24, 2.45) is 0 Å². The summed E-state index contributed by atoms with van der Waals surface area (Å²) in [6.45, 7) is 0.166. The standard InChI is InChI=1S/C14H12BrCl2NO2S/c1-18(9-10-6-7-11(16)8-13(10)17)21(19,20)14-5-3-2-4-12(14)15/h2-8H,9H2,1H3. The minimum Gasteiger partial charge on any atom is -0.207 e. The Kier molecular flexibility index (Phi) is 5.33. The van der Waals surface area contributed by atoms with Crippen LogP contribution in [-0.4, -0.2) is 19.8 Å². The second-order valence-corrected chi connectivity index (χ2v) is 8.14. The second kappa shape index (κ2) is 6.67. The predicted octanol–water partition coefficient (Wildman–Crippen LogP) is 4.58. The third kappa shape index (κ3) is 3.79.